The minimum absolute atomic E-state index is 0.177. The van der Waals surface area contributed by atoms with Crippen molar-refractivity contribution in [2.24, 2.45) is 0 Å². The van der Waals surface area contributed by atoms with Crippen LogP contribution in [0.4, 0.5) is 0 Å². The minimum Gasteiger partial charge on any atom is -0.383 e. The molecule has 5 aromatic rings. The highest BCUT2D eigenvalue weighted by Gasteiger charge is 2.31. The van der Waals surface area contributed by atoms with Gasteiger partial charge in [-0.05, 0) is 63.7 Å². The van der Waals surface area contributed by atoms with E-state index < -0.39 is 6.04 Å². The van der Waals surface area contributed by atoms with Crippen LogP contribution in [-0.4, -0.2) is 43.8 Å². The lowest BCUT2D eigenvalue weighted by Crippen LogP contribution is -2.35. The average Bonchev–Trinajstić information content (AvgIpc) is 3.38. The zero-order valence-corrected chi connectivity index (χ0v) is 22.1. The molecule has 0 aliphatic carbocycles. The monoisotopic (exact) mass is 528 g/mol. The van der Waals surface area contributed by atoms with Crippen LogP contribution in [0.15, 0.2) is 83.7 Å². The SMILES string of the molecule is COCCn1nnnc1[C@@H](c1cc2ccc(C)cc2[nH]c1=O)N(Cc1ccccc1)Cc1ccc(Cl)cc1. The van der Waals surface area contributed by atoms with Crippen molar-refractivity contribution in [3.63, 3.8) is 0 Å². The number of H-pyrrole nitrogens is 1. The highest BCUT2D eigenvalue weighted by atomic mass is 35.5. The molecule has 0 saturated heterocycles. The maximum Gasteiger partial charge on any atom is 0.253 e. The standard InChI is InChI=1S/C29H29ClN6O2/c1-20-8-11-23-17-25(29(37)31-26(23)16-20)27(28-32-33-34-36(28)14-15-38-2)35(18-21-6-4-3-5-7-21)19-22-9-12-24(30)13-10-22/h3-13,16-17,27H,14-15,18-19H2,1-2H3,(H,31,37)/t27-/m1/s1. The number of aromatic nitrogens is 5. The molecule has 0 aliphatic heterocycles. The number of nitrogens with zero attached hydrogens (tertiary/aromatic N) is 5. The third-order valence-electron chi connectivity index (χ3n) is 6.53. The fraction of sp³-hybridized carbons (Fsp3) is 0.241. The molecule has 0 radical (unpaired) electrons. The number of tetrazole rings is 1. The summed E-state index contributed by atoms with van der Waals surface area (Å²) in [5.41, 5.74) is 4.43. The second-order valence-corrected chi connectivity index (χ2v) is 9.75. The summed E-state index contributed by atoms with van der Waals surface area (Å²) in [4.78, 5) is 19.0. The van der Waals surface area contributed by atoms with E-state index in [0.29, 0.717) is 42.7 Å². The summed E-state index contributed by atoms with van der Waals surface area (Å²) in [6.07, 6.45) is 0. The molecule has 1 atom stereocenters. The molecular formula is C29H29ClN6O2. The van der Waals surface area contributed by atoms with Crippen molar-refractivity contribution in [3.8, 4) is 0 Å². The van der Waals surface area contributed by atoms with Gasteiger partial charge in [-0.2, -0.15) is 0 Å². The zero-order chi connectivity index (χ0) is 26.5. The lowest BCUT2D eigenvalue weighted by Gasteiger charge is -2.31. The Bertz CT molecular complexity index is 1570. The minimum atomic E-state index is -0.535. The fourth-order valence-electron chi connectivity index (χ4n) is 4.66. The molecule has 2 aromatic heterocycles. The fourth-order valence-corrected chi connectivity index (χ4v) is 4.79. The van der Waals surface area contributed by atoms with Gasteiger partial charge in [0, 0.05) is 36.3 Å². The summed E-state index contributed by atoms with van der Waals surface area (Å²) in [7, 11) is 1.64. The van der Waals surface area contributed by atoms with E-state index in [-0.39, 0.29) is 5.56 Å². The number of halogens is 1. The molecule has 0 saturated carbocycles. The predicted molar refractivity (Wildman–Crippen MR) is 148 cm³/mol. The Hall–Kier alpha value is -3.85. The highest BCUT2D eigenvalue weighted by Crippen LogP contribution is 2.30. The van der Waals surface area contributed by atoms with Gasteiger partial charge in [-0.15, -0.1) is 5.10 Å². The quantitative estimate of drug-likeness (QED) is 0.277. The number of hydrogen-bond acceptors (Lipinski definition) is 6. The molecule has 1 N–H and O–H groups in total. The van der Waals surface area contributed by atoms with Crippen LogP contribution >= 0.6 is 11.6 Å². The van der Waals surface area contributed by atoms with Crippen molar-refractivity contribution in [1.29, 1.82) is 0 Å². The Morgan fingerprint density at radius 2 is 1.74 bits per heavy atom. The number of aryl methyl sites for hydroxylation is 1. The van der Waals surface area contributed by atoms with Crippen molar-refractivity contribution >= 4 is 22.5 Å². The van der Waals surface area contributed by atoms with Gasteiger partial charge in [-0.1, -0.05) is 66.2 Å². The van der Waals surface area contributed by atoms with Gasteiger partial charge in [0.15, 0.2) is 5.82 Å². The summed E-state index contributed by atoms with van der Waals surface area (Å²) >= 11 is 6.17. The van der Waals surface area contributed by atoms with E-state index in [2.05, 4.69) is 37.5 Å². The van der Waals surface area contributed by atoms with Crippen molar-refractivity contribution in [2.75, 3.05) is 13.7 Å². The molecule has 5 rings (SSSR count). The maximum absolute atomic E-state index is 13.7. The Kier molecular flexibility index (Phi) is 7.93. The molecule has 0 bridgehead atoms. The molecule has 8 nitrogen and oxygen atoms in total. The van der Waals surface area contributed by atoms with Gasteiger partial charge < -0.3 is 9.72 Å². The maximum atomic E-state index is 13.7. The Labute approximate surface area is 225 Å². The van der Waals surface area contributed by atoms with Crippen LogP contribution in [0.25, 0.3) is 10.9 Å². The van der Waals surface area contributed by atoms with E-state index in [0.717, 1.165) is 27.6 Å². The molecule has 0 aliphatic rings. The van der Waals surface area contributed by atoms with E-state index in [1.54, 1.807) is 11.8 Å². The lowest BCUT2D eigenvalue weighted by atomic mass is 10.0. The molecule has 194 valence electrons. The van der Waals surface area contributed by atoms with Crippen LogP contribution in [0.3, 0.4) is 0 Å². The molecule has 0 fully saturated rings. The number of ether oxygens (including phenoxy) is 1. The summed E-state index contributed by atoms with van der Waals surface area (Å²) in [5, 5.41) is 14.3. The largest absolute Gasteiger partial charge is 0.383 e. The molecule has 38 heavy (non-hydrogen) atoms. The second kappa shape index (κ2) is 11.7. The average molecular weight is 529 g/mol. The topological polar surface area (TPSA) is 88.9 Å². The van der Waals surface area contributed by atoms with Crippen LogP contribution in [-0.2, 0) is 24.4 Å². The van der Waals surface area contributed by atoms with Crippen molar-refractivity contribution in [1.82, 2.24) is 30.1 Å². The van der Waals surface area contributed by atoms with E-state index in [1.807, 2.05) is 73.7 Å². The number of pyridine rings is 1. The Balaban J connectivity index is 1.68. The third-order valence-corrected chi connectivity index (χ3v) is 6.78. The number of fused-ring (bicyclic) bond motifs is 1. The number of aromatic amines is 1. The van der Waals surface area contributed by atoms with E-state index in [9.17, 15) is 4.79 Å². The molecule has 2 heterocycles. The number of methoxy groups -OCH3 is 1. The molecule has 3 aromatic carbocycles. The van der Waals surface area contributed by atoms with E-state index in [4.69, 9.17) is 16.3 Å². The molecule has 9 heteroatoms. The van der Waals surface area contributed by atoms with Crippen molar-refractivity contribution in [2.45, 2.75) is 32.6 Å². The summed E-state index contributed by atoms with van der Waals surface area (Å²) in [5.74, 6) is 0.573. The van der Waals surface area contributed by atoms with Crippen molar-refractivity contribution < 1.29 is 4.74 Å². The second-order valence-electron chi connectivity index (χ2n) is 9.32. The van der Waals surface area contributed by atoms with Gasteiger partial charge in [0.25, 0.3) is 5.56 Å². The van der Waals surface area contributed by atoms with Crippen LogP contribution in [0.2, 0.25) is 5.02 Å². The molecule has 0 unspecified atom stereocenters. The molecule has 0 spiro atoms. The van der Waals surface area contributed by atoms with Gasteiger partial charge in [0.1, 0.15) is 6.04 Å². The van der Waals surface area contributed by atoms with Crippen LogP contribution < -0.4 is 5.56 Å². The molecular weight excluding hydrogens is 500 g/mol. The first-order chi connectivity index (χ1) is 18.5. The summed E-state index contributed by atoms with van der Waals surface area (Å²) in [6, 6.07) is 25.4. The Morgan fingerprint density at radius 1 is 1.00 bits per heavy atom. The highest BCUT2D eigenvalue weighted by molar-refractivity contribution is 6.30. The van der Waals surface area contributed by atoms with Gasteiger partial charge in [0.2, 0.25) is 0 Å². The van der Waals surface area contributed by atoms with Crippen LogP contribution in [0.1, 0.15) is 34.1 Å². The number of hydrogen-bond donors (Lipinski definition) is 1. The number of rotatable bonds is 10. The van der Waals surface area contributed by atoms with E-state index >= 15 is 0 Å². The predicted octanol–water partition coefficient (Wildman–Crippen LogP) is 4.91. The van der Waals surface area contributed by atoms with Crippen LogP contribution in [0, 0.1) is 6.92 Å². The van der Waals surface area contributed by atoms with Gasteiger partial charge >= 0.3 is 0 Å². The third kappa shape index (κ3) is 5.83. The Morgan fingerprint density at radius 3 is 2.47 bits per heavy atom. The lowest BCUT2D eigenvalue weighted by molar-refractivity contribution is 0.169. The van der Waals surface area contributed by atoms with Crippen molar-refractivity contribution in [3.05, 3.63) is 122 Å². The van der Waals surface area contributed by atoms with Gasteiger partial charge in [-0.25, -0.2) is 4.68 Å². The number of benzene rings is 3. The van der Waals surface area contributed by atoms with Gasteiger partial charge in [0.05, 0.1) is 13.2 Å². The van der Waals surface area contributed by atoms with Gasteiger partial charge in [-0.3, -0.25) is 9.69 Å². The summed E-state index contributed by atoms with van der Waals surface area (Å²) in [6.45, 7) is 4.01. The summed E-state index contributed by atoms with van der Waals surface area (Å²) < 4.78 is 7.02. The first-order valence-electron chi connectivity index (χ1n) is 12.4. The first kappa shape index (κ1) is 25.8. The van der Waals surface area contributed by atoms with E-state index in [1.165, 1.54) is 0 Å². The first-order valence-corrected chi connectivity index (χ1v) is 12.8. The zero-order valence-electron chi connectivity index (χ0n) is 21.3. The van der Waals surface area contributed by atoms with Crippen LogP contribution in [0.5, 0.6) is 0 Å². The normalized spacial score (nSPS) is 12.3. The number of nitrogens with one attached hydrogen (secondary N) is 1. The smallest absolute Gasteiger partial charge is 0.253 e. The molecule has 0 amide bonds.